The summed E-state index contributed by atoms with van der Waals surface area (Å²) in [6, 6.07) is 8.86. The molecule has 0 bridgehead atoms. The molecule has 2 aliphatic rings. The monoisotopic (exact) mass is 533 g/mol. The normalized spacial score (nSPS) is 20.2. The summed E-state index contributed by atoms with van der Waals surface area (Å²) in [7, 11) is -2.88. The number of urea groups is 1. The summed E-state index contributed by atoms with van der Waals surface area (Å²) in [6.45, 7) is 9.07. The molecule has 2 heterocycles. The molecule has 4 rings (SSSR count). The van der Waals surface area contributed by atoms with E-state index in [1.807, 2.05) is 25.1 Å². The zero-order valence-corrected chi connectivity index (χ0v) is 22.8. The Labute approximate surface area is 220 Å². The standard InChI is InChI=1S/C26H39N5O5S/c1-5-37(34,35)26(11-6-12-26)21-15-22(31-13-14-36-16-18(31)2)29-23(28-21)19-7-9-20(10-8-19)27-24(33)30-25(3,4)17-32/h7-10,15,18,32,34-35H,5-6,11-14,16-17H2,1-4H3,(H2,27,30,33)/t18-/m0/s1. The Balaban J connectivity index is 1.68. The largest absolute Gasteiger partial charge is 0.394 e. The first-order valence-electron chi connectivity index (χ1n) is 12.8. The second-order valence-corrected chi connectivity index (χ2v) is 13.2. The van der Waals surface area contributed by atoms with Gasteiger partial charge in [0.05, 0.1) is 37.1 Å². The Kier molecular flexibility index (Phi) is 8.01. The predicted molar refractivity (Wildman–Crippen MR) is 147 cm³/mol. The van der Waals surface area contributed by atoms with Crippen LogP contribution >= 0.6 is 10.6 Å². The van der Waals surface area contributed by atoms with Gasteiger partial charge < -0.3 is 25.4 Å². The first-order chi connectivity index (χ1) is 17.5. The highest BCUT2D eigenvalue weighted by Gasteiger charge is 2.50. The molecule has 1 saturated carbocycles. The van der Waals surface area contributed by atoms with E-state index >= 15 is 0 Å². The number of nitrogens with one attached hydrogen (secondary N) is 2. The SMILES string of the molecule is CCS(O)(O)C1(c2cc(N3CCOC[C@@H]3C)nc(-c3ccc(NC(=O)NC(C)(C)CO)cc3)n2)CCC1. The molecule has 0 spiro atoms. The van der Waals surface area contributed by atoms with Crippen molar-refractivity contribution in [2.45, 2.75) is 63.3 Å². The Morgan fingerprint density at radius 2 is 1.95 bits per heavy atom. The van der Waals surface area contributed by atoms with Gasteiger partial charge in [0.1, 0.15) is 10.6 Å². The lowest BCUT2D eigenvalue weighted by molar-refractivity contribution is 0.0985. The molecular weight excluding hydrogens is 494 g/mol. The first kappa shape index (κ1) is 27.6. The van der Waals surface area contributed by atoms with E-state index in [0.717, 1.165) is 17.8 Å². The Bertz CT molecular complexity index is 1110. The quantitative estimate of drug-likeness (QED) is 0.336. The van der Waals surface area contributed by atoms with Crippen molar-refractivity contribution < 1.29 is 23.7 Å². The maximum Gasteiger partial charge on any atom is 0.319 e. The third-order valence-electron chi connectivity index (χ3n) is 7.28. The molecule has 1 aromatic heterocycles. The second-order valence-electron chi connectivity index (χ2n) is 10.6. The lowest BCUT2D eigenvalue weighted by Crippen LogP contribution is -2.48. The number of hydrogen-bond donors (Lipinski definition) is 5. The first-order valence-corrected chi connectivity index (χ1v) is 14.5. The molecule has 1 atom stereocenters. The molecule has 10 nitrogen and oxygen atoms in total. The van der Waals surface area contributed by atoms with Crippen molar-refractivity contribution in [3.8, 4) is 11.4 Å². The van der Waals surface area contributed by atoms with Gasteiger partial charge in [-0.05, 0) is 71.2 Å². The molecule has 1 saturated heterocycles. The number of rotatable bonds is 8. The molecule has 0 unspecified atom stereocenters. The van der Waals surface area contributed by atoms with Crippen LogP contribution < -0.4 is 15.5 Å². The third kappa shape index (κ3) is 5.70. The zero-order chi connectivity index (χ0) is 26.8. The minimum Gasteiger partial charge on any atom is -0.394 e. The molecule has 11 heteroatoms. The van der Waals surface area contributed by atoms with E-state index in [0.29, 0.717) is 49.8 Å². The highest BCUT2D eigenvalue weighted by molar-refractivity contribution is 8.25. The number of ether oxygens (including phenoxy) is 1. The minimum atomic E-state index is -2.88. The van der Waals surface area contributed by atoms with Gasteiger partial charge in [0.25, 0.3) is 0 Å². The number of aliphatic hydroxyl groups is 1. The number of benzene rings is 1. The summed E-state index contributed by atoms with van der Waals surface area (Å²) in [5.41, 5.74) is 1.28. The highest BCUT2D eigenvalue weighted by Crippen LogP contribution is 2.67. The van der Waals surface area contributed by atoms with Gasteiger partial charge in [0.15, 0.2) is 5.82 Å². The van der Waals surface area contributed by atoms with Gasteiger partial charge in [-0.2, -0.15) is 10.6 Å². The molecule has 1 aliphatic heterocycles. The van der Waals surface area contributed by atoms with Gasteiger partial charge in [-0.1, -0.05) is 0 Å². The fraction of sp³-hybridized carbons (Fsp3) is 0.577. The summed E-state index contributed by atoms with van der Waals surface area (Å²) in [6.07, 6.45) is 2.29. The van der Waals surface area contributed by atoms with E-state index in [4.69, 9.17) is 14.7 Å². The van der Waals surface area contributed by atoms with Crippen molar-refractivity contribution in [2.75, 3.05) is 42.3 Å². The van der Waals surface area contributed by atoms with Crippen LogP contribution in [0.1, 0.15) is 52.7 Å². The van der Waals surface area contributed by atoms with E-state index in [9.17, 15) is 19.0 Å². The lowest BCUT2D eigenvalue weighted by atomic mass is 9.81. The van der Waals surface area contributed by atoms with Crippen molar-refractivity contribution in [1.29, 1.82) is 0 Å². The molecule has 2 amide bonds. The fourth-order valence-corrected chi connectivity index (χ4v) is 6.68. The molecule has 2 aromatic rings. The van der Waals surface area contributed by atoms with Gasteiger partial charge in [0.2, 0.25) is 0 Å². The molecule has 1 aromatic carbocycles. The molecule has 1 aliphatic carbocycles. The van der Waals surface area contributed by atoms with Crippen LogP contribution in [0.4, 0.5) is 16.3 Å². The van der Waals surface area contributed by atoms with Crippen LogP contribution in [0.5, 0.6) is 0 Å². The number of anilines is 2. The van der Waals surface area contributed by atoms with Gasteiger partial charge in [-0.3, -0.25) is 9.11 Å². The van der Waals surface area contributed by atoms with Crippen LogP contribution in [-0.4, -0.2) is 73.9 Å². The Morgan fingerprint density at radius 1 is 1.24 bits per heavy atom. The van der Waals surface area contributed by atoms with Crippen molar-refractivity contribution in [1.82, 2.24) is 15.3 Å². The summed E-state index contributed by atoms with van der Waals surface area (Å²) in [5.74, 6) is 1.54. The molecule has 2 fully saturated rings. The van der Waals surface area contributed by atoms with Crippen LogP contribution in [-0.2, 0) is 9.48 Å². The maximum absolute atomic E-state index is 12.3. The van der Waals surface area contributed by atoms with Crippen molar-refractivity contribution in [3.05, 3.63) is 36.0 Å². The predicted octanol–water partition coefficient (Wildman–Crippen LogP) is 4.41. The number of carbonyl (C=O) groups is 1. The maximum atomic E-state index is 12.3. The number of morpholine rings is 1. The number of aromatic nitrogens is 2. The summed E-state index contributed by atoms with van der Waals surface area (Å²) in [4.78, 5) is 24.2. The Morgan fingerprint density at radius 3 is 2.51 bits per heavy atom. The van der Waals surface area contributed by atoms with Crippen LogP contribution in [0, 0.1) is 0 Å². The minimum absolute atomic E-state index is 0.126. The van der Waals surface area contributed by atoms with Crippen LogP contribution in [0.15, 0.2) is 30.3 Å². The average molecular weight is 534 g/mol. The number of nitrogens with zero attached hydrogens (tertiary/aromatic N) is 3. The number of carbonyl (C=O) groups excluding carboxylic acids is 1. The van der Waals surface area contributed by atoms with Gasteiger partial charge in [0, 0.05) is 29.6 Å². The van der Waals surface area contributed by atoms with Crippen LogP contribution in [0.25, 0.3) is 11.4 Å². The summed E-state index contributed by atoms with van der Waals surface area (Å²) < 4.78 is 27.0. The number of hydrogen-bond acceptors (Lipinski definition) is 8. The lowest BCUT2D eigenvalue weighted by Gasteiger charge is -2.55. The molecule has 37 heavy (non-hydrogen) atoms. The molecule has 204 valence electrons. The van der Waals surface area contributed by atoms with E-state index in [1.165, 1.54) is 0 Å². The molecule has 5 N–H and O–H groups in total. The smallest absolute Gasteiger partial charge is 0.319 e. The number of amides is 2. The van der Waals surface area contributed by atoms with E-state index in [2.05, 4.69) is 22.5 Å². The van der Waals surface area contributed by atoms with E-state index < -0.39 is 26.9 Å². The van der Waals surface area contributed by atoms with Gasteiger partial charge >= 0.3 is 6.03 Å². The van der Waals surface area contributed by atoms with Gasteiger partial charge in [-0.15, -0.1) is 0 Å². The van der Waals surface area contributed by atoms with Crippen LogP contribution in [0.3, 0.4) is 0 Å². The van der Waals surface area contributed by atoms with Crippen molar-refractivity contribution >= 4 is 28.1 Å². The van der Waals surface area contributed by atoms with Gasteiger partial charge in [-0.25, -0.2) is 14.8 Å². The second kappa shape index (κ2) is 10.7. The highest BCUT2D eigenvalue weighted by atomic mass is 32.3. The molecular formula is C26H39N5O5S. The average Bonchev–Trinajstić information content (AvgIpc) is 2.83. The molecule has 0 radical (unpaired) electrons. The van der Waals surface area contributed by atoms with E-state index in [-0.39, 0.29) is 18.4 Å². The zero-order valence-electron chi connectivity index (χ0n) is 22.0. The van der Waals surface area contributed by atoms with Crippen molar-refractivity contribution in [2.24, 2.45) is 0 Å². The van der Waals surface area contributed by atoms with Crippen molar-refractivity contribution in [3.63, 3.8) is 0 Å². The van der Waals surface area contributed by atoms with E-state index in [1.54, 1.807) is 26.0 Å². The van der Waals surface area contributed by atoms with Crippen LogP contribution in [0.2, 0.25) is 0 Å². The number of aliphatic hydroxyl groups excluding tert-OH is 1. The Hall–Kier alpha value is -2.44. The topological polar surface area (TPSA) is 140 Å². The summed E-state index contributed by atoms with van der Waals surface area (Å²) >= 11 is 0. The third-order valence-corrected chi connectivity index (χ3v) is 9.95. The fourth-order valence-electron chi connectivity index (χ4n) is 4.75. The summed E-state index contributed by atoms with van der Waals surface area (Å²) in [5, 5.41) is 14.9.